The summed E-state index contributed by atoms with van der Waals surface area (Å²) >= 11 is 0. The minimum Gasteiger partial charge on any atom is -0.357 e. The number of likely N-dealkylation sites (tertiary alicyclic amines) is 1. The molecule has 7 heteroatoms. The summed E-state index contributed by atoms with van der Waals surface area (Å²) in [4.78, 5) is 23.2. The molecule has 0 aromatic carbocycles. The fourth-order valence-electron chi connectivity index (χ4n) is 3.83. The quantitative estimate of drug-likeness (QED) is 0.509. The van der Waals surface area contributed by atoms with Gasteiger partial charge in [-0.2, -0.15) is 0 Å². The van der Waals surface area contributed by atoms with Crippen molar-refractivity contribution in [3.05, 3.63) is 0 Å². The van der Waals surface area contributed by atoms with Gasteiger partial charge in [-0.1, -0.05) is 6.42 Å². The van der Waals surface area contributed by atoms with E-state index in [0.717, 1.165) is 58.3 Å². The molecule has 0 unspecified atom stereocenters. The number of rotatable bonds is 7. The molecular formula is C20H40N6O. The molecule has 1 amide bonds. The molecule has 27 heavy (non-hydrogen) atoms. The third-order valence-electron chi connectivity index (χ3n) is 5.72. The molecule has 7 nitrogen and oxygen atoms in total. The predicted molar refractivity (Wildman–Crippen MR) is 112 cm³/mol. The summed E-state index contributed by atoms with van der Waals surface area (Å²) in [6.07, 6.45) is 3.98. The summed E-state index contributed by atoms with van der Waals surface area (Å²) in [5.74, 6) is 1.09. The zero-order chi connectivity index (χ0) is 19.7. The molecule has 2 N–H and O–H groups in total. The van der Waals surface area contributed by atoms with Gasteiger partial charge in [0, 0.05) is 58.3 Å². The van der Waals surface area contributed by atoms with E-state index in [9.17, 15) is 4.79 Å². The van der Waals surface area contributed by atoms with Crippen LogP contribution >= 0.6 is 0 Å². The Morgan fingerprint density at radius 1 is 1.00 bits per heavy atom. The Bertz CT molecular complexity index is 479. The van der Waals surface area contributed by atoms with Gasteiger partial charge in [0.05, 0.1) is 6.54 Å². The molecule has 0 atom stereocenters. The molecule has 2 aliphatic heterocycles. The van der Waals surface area contributed by atoms with Gasteiger partial charge in [-0.15, -0.1) is 0 Å². The van der Waals surface area contributed by atoms with Gasteiger partial charge in [0.15, 0.2) is 5.96 Å². The Balaban J connectivity index is 1.75. The SMILES string of the molecule is CCNC(=NCC(C)(C)N1CCCCC1)NCCN1CCN(C(C)=O)CC1. The molecule has 2 aliphatic rings. The van der Waals surface area contributed by atoms with Crippen molar-refractivity contribution in [2.45, 2.75) is 52.5 Å². The molecule has 2 saturated heterocycles. The Morgan fingerprint density at radius 2 is 1.67 bits per heavy atom. The number of carbonyl (C=O) groups is 1. The lowest BCUT2D eigenvalue weighted by molar-refractivity contribution is -0.130. The van der Waals surface area contributed by atoms with Crippen molar-refractivity contribution in [1.82, 2.24) is 25.3 Å². The number of carbonyl (C=O) groups excluding carboxylic acids is 1. The molecule has 0 aromatic rings. The summed E-state index contributed by atoms with van der Waals surface area (Å²) in [6.45, 7) is 17.9. The molecule has 0 spiro atoms. The second-order valence-corrected chi connectivity index (χ2v) is 8.33. The Morgan fingerprint density at radius 3 is 2.26 bits per heavy atom. The van der Waals surface area contributed by atoms with E-state index < -0.39 is 0 Å². The van der Waals surface area contributed by atoms with Crippen LogP contribution in [0.3, 0.4) is 0 Å². The molecular weight excluding hydrogens is 340 g/mol. The largest absolute Gasteiger partial charge is 0.357 e. The van der Waals surface area contributed by atoms with Crippen LogP contribution in [-0.4, -0.2) is 97.6 Å². The highest BCUT2D eigenvalue weighted by atomic mass is 16.2. The van der Waals surface area contributed by atoms with Crippen LogP contribution in [0.25, 0.3) is 0 Å². The zero-order valence-electron chi connectivity index (χ0n) is 17.9. The lowest BCUT2D eigenvalue weighted by atomic mass is 9.99. The van der Waals surface area contributed by atoms with Crippen LogP contribution < -0.4 is 10.6 Å². The number of nitrogens with zero attached hydrogens (tertiary/aromatic N) is 4. The van der Waals surface area contributed by atoms with Crippen molar-refractivity contribution in [2.75, 3.05) is 65.4 Å². The van der Waals surface area contributed by atoms with Gasteiger partial charge in [0.2, 0.25) is 5.91 Å². The average molecular weight is 381 g/mol. The highest BCUT2D eigenvalue weighted by Gasteiger charge is 2.27. The Labute approximate surface area is 165 Å². The molecule has 2 rings (SSSR count). The van der Waals surface area contributed by atoms with Gasteiger partial charge >= 0.3 is 0 Å². The van der Waals surface area contributed by atoms with Crippen LogP contribution in [0.1, 0.15) is 47.0 Å². The van der Waals surface area contributed by atoms with E-state index in [-0.39, 0.29) is 11.4 Å². The summed E-state index contributed by atoms with van der Waals surface area (Å²) in [7, 11) is 0. The number of aliphatic imine (C=N–C) groups is 1. The maximum Gasteiger partial charge on any atom is 0.219 e. The first-order valence-electron chi connectivity index (χ1n) is 10.7. The van der Waals surface area contributed by atoms with Crippen LogP contribution in [-0.2, 0) is 4.79 Å². The van der Waals surface area contributed by atoms with E-state index in [4.69, 9.17) is 4.99 Å². The number of amides is 1. The average Bonchev–Trinajstić information content (AvgIpc) is 2.67. The molecule has 0 bridgehead atoms. The topological polar surface area (TPSA) is 63.2 Å². The predicted octanol–water partition coefficient (Wildman–Crippen LogP) is 0.970. The normalized spacial score (nSPS) is 20.6. The van der Waals surface area contributed by atoms with Crippen LogP contribution in [0, 0.1) is 0 Å². The number of hydrogen-bond donors (Lipinski definition) is 2. The van der Waals surface area contributed by atoms with Gasteiger partial charge in [0.25, 0.3) is 0 Å². The Kier molecular flexibility index (Phi) is 8.83. The van der Waals surface area contributed by atoms with Crippen molar-refractivity contribution in [2.24, 2.45) is 4.99 Å². The maximum atomic E-state index is 11.4. The van der Waals surface area contributed by atoms with Crippen LogP contribution in [0.2, 0.25) is 0 Å². The molecule has 0 aromatic heterocycles. The molecule has 0 saturated carbocycles. The molecule has 0 aliphatic carbocycles. The van der Waals surface area contributed by atoms with Crippen LogP contribution in [0.4, 0.5) is 0 Å². The van der Waals surface area contributed by atoms with Gasteiger partial charge in [-0.05, 0) is 46.7 Å². The van der Waals surface area contributed by atoms with Crippen LogP contribution in [0.5, 0.6) is 0 Å². The third-order valence-corrected chi connectivity index (χ3v) is 5.72. The summed E-state index contributed by atoms with van der Waals surface area (Å²) in [5, 5.41) is 6.84. The van der Waals surface area contributed by atoms with E-state index in [1.54, 1.807) is 6.92 Å². The van der Waals surface area contributed by atoms with E-state index in [1.165, 1.54) is 32.4 Å². The number of nitrogens with one attached hydrogen (secondary N) is 2. The van der Waals surface area contributed by atoms with E-state index in [2.05, 4.69) is 41.2 Å². The number of piperazine rings is 1. The summed E-state index contributed by atoms with van der Waals surface area (Å²) < 4.78 is 0. The van der Waals surface area contributed by atoms with Crippen molar-refractivity contribution >= 4 is 11.9 Å². The standard InChI is InChI=1S/C20H40N6O/c1-5-21-19(23-17-20(3,4)26-10-7-6-8-11-26)22-9-12-24-13-15-25(16-14-24)18(2)27/h5-17H2,1-4H3,(H2,21,22,23). The maximum absolute atomic E-state index is 11.4. The summed E-state index contributed by atoms with van der Waals surface area (Å²) in [5.41, 5.74) is 0.103. The second kappa shape index (κ2) is 10.9. The van der Waals surface area contributed by atoms with Gasteiger partial charge in [0.1, 0.15) is 0 Å². The number of piperidine rings is 1. The lowest BCUT2D eigenvalue weighted by Gasteiger charge is -2.40. The fraction of sp³-hybridized carbons (Fsp3) is 0.900. The molecule has 2 heterocycles. The van der Waals surface area contributed by atoms with Crippen LogP contribution in [0.15, 0.2) is 4.99 Å². The Hall–Kier alpha value is -1.34. The monoisotopic (exact) mass is 380 g/mol. The van der Waals surface area contributed by atoms with Crippen molar-refractivity contribution < 1.29 is 4.79 Å². The lowest BCUT2D eigenvalue weighted by Crippen LogP contribution is -2.51. The fourth-order valence-corrected chi connectivity index (χ4v) is 3.83. The third kappa shape index (κ3) is 7.30. The minimum absolute atomic E-state index is 0.103. The van der Waals surface area contributed by atoms with Crippen molar-refractivity contribution in [3.8, 4) is 0 Å². The first-order chi connectivity index (χ1) is 12.9. The smallest absolute Gasteiger partial charge is 0.219 e. The highest BCUT2D eigenvalue weighted by molar-refractivity contribution is 5.79. The zero-order valence-corrected chi connectivity index (χ0v) is 17.9. The van der Waals surface area contributed by atoms with E-state index in [1.807, 2.05) is 4.90 Å². The number of guanidine groups is 1. The van der Waals surface area contributed by atoms with E-state index >= 15 is 0 Å². The first kappa shape index (κ1) is 22.0. The highest BCUT2D eigenvalue weighted by Crippen LogP contribution is 2.20. The van der Waals surface area contributed by atoms with E-state index in [0.29, 0.717) is 0 Å². The van der Waals surface area contributed by atoms with Gasteiger partial charge < -0.3 is 15.5 Å². The molecule has 0 radical (unpaired) electrons. The van der Waals surface area contributed by atoms with Crippen molar-refractivity contribution in [1.29, 1.82) is 0 Å². The number of hydrogen-bond acceptors (Lipinski definition) is 4. The van der Waals surface area contributed by atoms with Crippen molar-refractivity contribution in [3.63, 3.8) is 0 Å². The second-order valence-electron chi connectivity index (χ2n) is 8.33. The molecule has 156 valence electrons. The minimum atomic E-state index is 0.103. The molecule has 2 fully saturated rings. The van der Waals surface area contributed by atoms with Gasteiger partial charge in [-0.3, -0.25) is 19.6 Å². The first-order valence-corrected chi connectivity index (χ1v) is 10.7. The summed E-state index contributed by atoms with van der Waals surface area (Å²) in [6, 6.07) is 0. The van der Waals surface area contributed by atoms with Gasteiger partial charge in [-0.25, -0.2) is 0 Å².